The quantitative estimate of drug-likeness (QED) is 0.706. The number of rotatable bonds is 5. The molecule has 0 aromatic heterocycles. The van der Waals surface area contributed by atoms with E-state index in [9.17, 15) is 0 Å². The fraction of sp³-hybridized carbons (Fsp3) is 1.00. The molecule has 3 heteroatoms. The number of thioether (sulfide) groups is 1. The predicted molar refractivity (Wildman–Crippen MR) is 66.1 cm³/mol. The average Bonchev–Trinajstić information content (AvgIpc) is 2.12. The molecule has 1 aliphatic heterocycles. The topological polar surface area (TPSA) is 15.3 Å². The van der Waals surface area contributed by atoms with Gasteiger partial charge in [0.1, 0.15) is 0 Å². The van der Waals surface area contributed by atoms with Crippen LogP contribution in [0.5, 0.6) is 0 Å². The van der Waals surface area contributed by atoms with Crippen molar-refractivity contribution >= 4 is 11.8 Å². The maximum atomic E-state index is 3.46. The minimum Gasteiger partial charge on any atom is -0.314 e. The van der Waals surface area contributed by atoms with E-state index in [0.717, 1.165) is 11.8 Å². The molecule has 84 valence electrons. The number of hydrogen-bond acceptors (Lipinski definition) is 3. The van der Waals surface area contributed by atoms with Crippen molar-refractivity contribution in [3.05, 3.63) is 0 Å². The second kappa shape index (κ2) is 6.70. The molecular weight excluding hydrogens is 192 g/mol. The molecule has 1 atom stereocenters. The number of hydrogen-bond donors (Lipinski definition) is 1. The van der Waals surface area contributed by atoms with E-state index in [4.69, 9.17) is 0 Å². The van der Waals surface area contributed by atoms with Gasteiger partial charge in [-0.1, -0.05) is 20.8 Å². The molecule has 0 aromatic rings. The Morgan fingerprint density at radius 1 is 1.50 bits per heavy atom. The molecule has 1 aliphatic rings. The molecule has 0 aromatic carbocycles. The van der Waals surface area contributed by atoms with Crippen molar-refractivity contribution in [2.45, 2.75) is 38.5 Å². The number of nitrogens with zero attached hydrogens (tertiary/aromatic N) is 1. The van der Waals surface area contributed by atoms with E-state index in [1.807, 2.05) is 0 Å². The zero-order chi connectivity index (χ0) is 10.4. The summed E-state index contributed by atoms with van der Waals surface area (Å²) in [4.78, 5) is 2.60. The van der Waals surface area contributed by atoms with Gasteiger partial charge in [-0.2, -0.15) is 11.8 Å². The van der Waals surface area contributed by atoms with Crippen LogP contribution in [0.4, 0.5) is 0 Å². The van der Waals surface area contributed by atoms with Crippen molar-refractivity contribution < 1.29 is 0 Å². The summed E-state index contributed by atoms with van der Waals surface area (Å²) in [7, 11) is 0. The summed E-state index contributed by atoms with van der Waals surface area (Å²) in [6.07, 6.45) is 1.29. The molecule has 0 aliphatic carbocycles. The fourth-order valence-corrected chi connectivity index (χ4v) is 2.87. The highest BCUT2D eigenvalue weighted by Gasteiger charge is 2.15. The highest BCUT2D eigenvalue weighted by atomic mass is 32.2. The summed E-state index contributed by atoms with van der Waals surface area (Å²) in [6.45, 7) is 11.8. The largest absolute Gasteiger partial charge is 0.314 e. The first-order valence-corrected chi connectivity index (χ1v) is 6.80. The van der Waals surface area contributed by atoms with Gasteiger partial charge >= 0.3 is 0 Å². The van der Waals surface area contributed by atoms with Gasteiger partial charge in [-0.15, -0.1) is 0 Å². The SMILES string of the molecule is CC(C)NCCCN1CCSC(C)C1. The Balaban J connectivity index is 2.00. The van der Waals surface area contributed by atoms with Crippen molar-refractivity contribution in [3.63, 3.8) is 0 Å². The normalized spacial score (nSPS) is 24.4. The van der Waals surface area contributed by atoms with Crippen molar-refractivity contribution in [1.82, 2.24) is 10.2 Å². The summed E-state index contributed by atoms with van der Waals surface area (Å²) >= 11 is 2.11. The summed E-state index contributed by atoms with van der Waals surface area (Å²) < 4.78 is 0. The van der Waals surface area contributed by atoms with Crippen molar-refractivity contribution in [3.8, 4) is 0 Å². The highest BCUT2D eigenvalue weighted by Crippen LogP contribution is 2.17. The van der Waals surface area contributed by atoms with Gasteiger partial charge in [-0.3, -0.25) is 0 Å². The van der Waals surface area contributed by atoms with E-state index in [1.54, 1.807) is 0 Å². The molecule has 2 nitrogen and oxygen atoms in total. The van der Waals surface area contributed by atoms with Crippen LogP contribution in [0.25, 0.3) is 0 Å². The molecule has 1 N–H and O–H groups in total. The van der Waals surface area contributed by atoms with E-state index in [-0.39, 0.29) is 0 Å². The van der Waals surface area contributed by atoms with Crippen LogP contribution < -0.4 is 5.32 Å². The third kappa shape index (κ3) is 5.23. The lowest BCUT2D eigenvalue weighted by Gasteiger charge is -2.30. The van der Waals surface area contributed by atoms with E-state index in [2.05, 4.69) is 42.7 Å². The minimum atomic E-state index is 0.630. The zero-order valence-corrected chi connectivity index (χ0v) is 10.6. The molecular formula is C11H24N2S. The van der Waals surface area contributed by atoms with Crippen LogP contribution in [-0.2, 0) is 0 Å². The molecule has 1 fully saturated rings. The molecule has 0 radical (unpaired) electrons. The molecule has 0 bridgehead atoms. The Morgan fingerprint density at radius 2 is 2.29 bits per heavy atom. The Hall–Kier alpha value is 0.270. The predicted octanol–water partition coefficient (Wildman–Crippen LogP) is 1.81. The van der Waals surface area contributed by atoms with Crippen LogP contribution in [0.2, 0.25) is 0 Å². The smallest absolute Gasteiger partial charge is 0.0147 e. The molecule has 1 heterocycles. The average molecular weight is 216 g/mol. The van der Waals surface area contributed by atoms with E-state index < -0.39 is 0 Å². The Kier molecular flexibility index (Phi) is 5.90. The second-order valence-electron chi connectivity index (χ2n) is 4.44. The highest BCUT2D eigenvalue weighted by molar-refractivity contribution is 7.99. The van der Waals surface area contributed by atoms with Crippen LogP contribution in [0.1, 0.15) is 27.2 Å². The van der Waals surface area contributed by atoms with Gasteiger partial charge < -0.3 is 10.2 Å². The fourth-order valence-electron chi connectivity index (χ4n) is 1.79. The molecule has 0 saturated carbocycles. The van der Waals surface area contributed by atoms with Gasteiger partial charge in [0, 0.05) is 30.1 Å². The van der Waals surface area contributed by atoms with Gasteiger partial charge in [-0.05, 0) is 19.5 Å². The standard InChI is InChI=1S/C11H24N2S/c1-10(2)12-5-4-6-13-7-8-14-11(3)9-13/h10-12H,4-9H2,1-3H3. The lowest BCUT2D eigenvalue weighted by Crippen LogP contribution is -2.38. The summed E-state index contributed by atoms with van der Waals surface area (Å²) in [5.41, 5.74) is 0. The first-order valence-electron chi connectivity index (χ1n) is 5.76. The minimum absolute atomic E-state index is 0.630. The number of nitrogens with one attached hydrogen (secondary N) is 1. The van der Waals surface area contributed by atoms with E-state index >= 15 is 0 Å². The Labute approximate surface area is 92.8 Å². The molecule has 0 amide bonds. The molecule has 14 heavy (non-hydrogen) atoms. The lowest BCUT2D eigenvalue weighted by molar-refractivity contribution is 0.280. The Bertz CT molecular complexity index is 150. The van der Waals surface area contributed by atoms with E-state index in [0.29, 0.717) is 6.04 Å². The summed E-state index contributed by atoms with van der Waals surface area (Å²) in [6, 6.07) is 0.630. The van der Waals surface area contributed by atoms with E-state index in [1.165, 1.54) is 31.8 Å². The van der Waals surface area contributed by atoms with Crippen LogP contribution in [0.3, 0.4) is 0 Å². The monoisotopic (exact) mass is 216 g/mol. The van der Waals surface area contributed by atoms with Crippen LogP contribution in [0, 0.1) is 0 Å². The molecule has 1 rings (SSSR count). The Morgan fingerprint density at radius 3 is 2.93 bits per heavy atom. The lowest BCUT2D eigenvalue weighted by atomic mass is 10.3. The molecule has 0 spiro atoms. The molecule has 1 unspecified atom stereocenters. The summed E-state index contributed by atoms with van der Waals surface area (Å²) in [5.74, 6) is 1.32. The second-order valence-corrected chi connectivity index (χ2v) is 5.99. The van der Waals surface area contributed by atoms with Crippen molar-refractivity contribution in [2.24, 2.45) is 0 Å². The maximum absolute atomic E-state index is 3.46. The summed E-state index contributed by atoms with van der Waals surface area (Å²) in [5, 5.41) is 4.30. The maximum Gasteiger partial charge on any atom is 0.0147 e. The first kappa shape index (κ1) is 12.3. The van der Waals surface area contributed by atoms with Crippen molar-refractivity contribution in [1.29, 1.82) is 0 Å². The van der Waals surface area contributed by atoms with Gasteiger partial charge in [0.15, 0.2) is 0 Å². The van der Waals surface area contributed by atoms with Crippen LogP contribution in [-0.4, -0.2) is 48.1 Å². The van der Waals surface area contributed by atoms with Crippen LogP contribution >= 0.6 is 11.8 Å². The van der Waals surface area contributed by atoms with Gasteiger partial charge in [0.05, 0.1) is 0 Å². The first-order chi connectivity index (χ1) is 6.68. The third-order valence-electron chi connectivity index (χ3n) is 2.53. The third-order valence-corrected chi connectivity index (χ3v) is 3.67. The van der Waals surface area contributed by atoms with Gasteiger partial charge in [0.25, 0.3) is 0 Å². The van der Waals surface area contributed by atoms with Crippen LogP contribution in [0.15, 0.2) is 0 Å². The molecule has 1 saturated heterocycles. The van der Waals surface area contributed by atoms with Gasteiger partial charge in [-0.25, -0.2) is 0 Å². The van der Waals surface area contributed by atoms with Gasteiger partial charge in [0.2, 0.25) is 0 Å². The van der Waals surface area contributed by atoms with Crippen molar-refractivity contribution in [2.75, 3.05) is 31.9 Å². The zero-order valence-electron chi connectivity index (χ0n) is 9.75.